The van der Waals surface area contributed by atoms with Gasteiger partial charge in [-0.3, -0.25) is 0 Å². The van der Waals surface area contributed by atoms with Crippen molar-refractivity contribution < 1.29 is 19.4 Å². The Hall–Kier alpha value is -1.30. The van der Waals surface area contributed by atoms with Gasteiger partial charge >= 0.3 is 12.0 Å². The first-order valence-electron chi connectivity index (χ1n) is 7.81. The number of carboxylic acid groups (broad SMARTS) is 1. The van der Waals surface area contributed by atoms with Crippen molar-refractivity contribution in [2.24, 2.45) is 17.8 Å². The van der Waals surface area contributed by atoms with Crippen molar-refractivity contribution in [2.75, 3.05) is 13.7 Å². The Kier molecular flexibility index (Phi) is 3.82. The van der Waals surface area contributed by atoms with Crippen molar-refractivity contribution >= 4 is 12.0 Å². The molecule has 4 aliphatic rings. The monoisotopic (exact) mass is 296 g/mol. The molecule has 2 amide bonds. The summed E-state index contributed by atoms with van der Waals surface area (Å²) in [4.78, 5) is 23.0. The summed E-state index contributed by atoms with van der Waals surface area (Å²) in [6.07, 6.45) is 6.23. The second kappa shape index (κ2) is 5.48. The summed E-state index contributed by atoms with van der Waals surface area (Å²) in [6, 6.07) is -0.264. The third-order valence-electron chi connectivity index (χ3n) is 5.42. The molecule has 1 unspecified atom stereocenters. The second-order valence-corrected chi connectivity index (χ2v) is 7.10. The normalized spacial score (nSPS) is 38.0. The Bertz CT molecular complexity index is 402. The van der Waals surface area contributed by atoms with Gasteiger partial charge in [0.2, 0.25) is 0 Å². The fourth-order valence-corrected chi connectivity index (χ4v) is 5.01. The lowest BCUT2D eigenvalue weighted by Crippen LogP contribution is -2.61. The molecule has 4 saturated carbocycles. The molecule has 4 aliphatic carbocycles. The average Bonchev–Trinajstić information content (AvgIpc) is 2.36. The molecule has 4 bridgehead atoms. The quantitative estimate of drug-likeness (QED) is 0.714. The summed E-state index contributed by atoms with van der Waals surface area (Å²) < 4.78 is 4.81. The molecule has 0 aliphatic heterocycles. The van der Waals surface area contributed by atoms with Crippen LogP contribution in [0, 0.1) is 17.8 Å². The number of aliphatic carboxylic acids is 1. The number of hydrogen-bond donors (Lipinski definition) is 3. The van der Waals surface area contributed by atoms with Gasteiger partial charge in [0.15, 0.2) is 6.10 Å². The van der Waals surface area contributed by atoms with Crippen molar-refractivity contribution in [3.63, 3.8) is 0 Å². The molecular formula is C15H24N2O4. The first-order valence-corrected chi connectivity index (χ1v) is 7.81. The van der Waals surface area contributed by atoms with Gasteiger partial charge in [-0.15, -0.1) is 0 Å². The second-order valence-electron chi connectivity index (χ2n) is 7.10. The number of carbonyl (C=O) groups is 2. The number of amides is 2. The predicted octanol–water partition coefficient (Wildman–Crippen LogP) is 1.35. The van der Waals surface area contributed by atoms with Crippen LogP contribution in [0.2, 0.25) is 0 Å². The molecule has 0 aromatic rings. The minimum Gasteiger partial charge on any atom is -0.479 e. The van der Waals surface area contributed by atoms with Crippen LogP contribution in [-0.4, -0.2) is 42.4 Å². The Morgan fingerprint density at radius 1 is 1.19 bits per heavy atom. The molecule has 0 radical (unpaired) electrons. The summed E-state index contributed by atoms with van der Waals surface area (Å²) in [6.45, 7) is -0.00989. The van der Waals surface area contributed by atoms with Crippen LogP contribution in [0.25, 0.3) is 0 Å². The van der Waals surface area contributed by atoms with Crippen LogP contribution in [-0.2, 0) is 9.53 Å². The summed E-state index contributed by atoms with van der Waals surface area (Å²) in [5.74, 6) is 1.24. The highest BCUT2D eigenvalue weighted by Crippen LogP contribution is 2.55. The molecule has 6 heteroatoms. The van der Waals surface area contributed by atoms with Crippen LogP contribution >= 0.6 is 0 Å². The standard InChI is InChI=1S/C15H24N2O4/c1-21-12(13(18)19)8-16-14(20)17-15-5-9-2-10(6-15)4-11(3-9)7-15/h9-12H,2-8H2,1H3,(H,18,19)(H2,16,17,20). The maximum Gasteiger partial charge on any atom is 0.334 e. The van der Waals surface area contributed by atoms with Crippen molar-refractivity contribution in [1.29, 1.82) is 0 Å². The van der Waals surface area contributed by atoms with Gasteiger partial charge in [-0.25, -0.2) is 9.59 Å². The van der Waals surface area contributed by atoms with E-state index in [-0.39, 0.29) is 18.1 Å². The number of hydrogen-bond acceptors (Lipinski definition) is 3. The third kappa shape index (κ3) is 3.00. The van der Waals surface area contributed by atoms with E-state index in [1.807, 2.05) is 0 Å². The molecule has 4 rings (SSSR count). The van der Waals surface area contributed by atoms with Crippen LogP contribution in [0.3, 0.4) is 0 Å². The number of carbonyl (C=O) groups excluding carboxylic acids is 1. The van der Waals surface area contributed by atoms with Crippen LogP contribution in [0.1, 0.15) is 38.5 Å². The Balaban J connectivity index is 1.54. The number of urea groups is 1. The van der Waals surface area contributed by atoms with Gasteiger partial charge in [0, 0.05) is 12.6 Å². The van der Waals surface area contributed by atoms with E-state index in [1.165, 1.54) is 26.4 Å². The minimum atomic E-state index is -1.06. The molecule has 0 aromatic heterocycles. The van der Waals surface area contributed by atoms with E-state index in [0.717, 1.165) is 37.0 Å². The topological polar surface area (TPSA) is 87.7 Å². The first kappa shape index (κ1) is 14.6. The first-order chi connectivity index (χ1) is 9.99. The van der Waals surface area contributed by atoms with Crippen LogP contribution in [0.5, 0.6) is 0 Å². The number of methoxy groups -OCH3 is 1. The van der Waals surface area contributed by atoms with Gasteiger partial charge in [-0.2, -0.15) is 0 Å². The summed E-state index contributed by atoms with van der Waals surface area (Å²) in [7, 11) is 1.33. The van der Waals surface area contributed by atoms with E-state index in [1.54, 1.807) is 0 Å². The summed E-state index contributed by atoms with van der Waals surface area (Å²) in [5, 5.41) is 14.7. The maximum absolute atomic E-state index is 12.1. The van der Waals surface area contributed by atoms with Gasteiger partial charge < -0.3 is 20.5 Å². The van der Waals surface area contributed by atoms with E-state index >= 15 is 0 Å². The molecular weight excluding hydrogens is 272 g/mol. The smallest absolute Gasteiger partial charge is 0.334 e. The Morgan fingerprint density at radius 3 is 2.14 bits per heavy atom. The molecule has 21 heavy (non-hydrogen) atoms. The fourth-order valence-electron chi connectivity index (χ4n) is 5.01. The Morgan fingerprint density at radius 2 is 1.71 bits per heavy atom. The molecule has 0 aromatic carbocycles. The SMILES string of the molecule is COC(CNC(=O)NC12CC3CC(CC(C3)C1)C2)C(=O)O. The highest BCUT2D eigenvalue weighted by Gasteiger charge is 2.51. The van der Waals surface area contributed by atoms with E-state index in [9.17, 15) is 9.59 Å². The van der Waals surface area contributed by atoms with Crippen molar-refractivity contribution in [1.82, 2.24) is 10.6 Å². The zero-order valence-corrected chi connectivity index (χ0v) is 12.4. The molecule has 6 nitrogen and oxygen atoms in total. The number of ether oxygens (including phenoxy) is 1. The minimum absolute atomic E-state index is 0.00989. The number of carboxylic acids is 1. The third-order valence-corrected chi connectivity index (χ3v) is 5.42. The van der Waals surface area contributed by atoms with Gasteiger partial charge in [-0.05, 0) is 56.3 Å². The lowest BCUT2D eigenvalue weighted by atomic mass is 9.53. The van der Waals surface area contributed by atoms with Crippen LogP contribution in [0.4, 0.5) is 4.79 Å². The van der Waals surface area contributed by atoms with Crippen molar-refractivity contribution in [2.45, 2.75) is 50.2 Å². The van der Waals surface area contributed by atoms with Gasteiger partial charge in [0.25, 0.3) is 0 Å². The summed E-state index contributed by atoms with van der Waals surface area (Å²) in [5.41, 5.74) is -0.0510. The van der Waals surface area contributed by atoms with E-state index in [0.29, 0.717) is 0 Å². The molecule has 118 valence electrons. The fraction of sp³-hybridized carbons (Fsp3) is 0.867. The zero-order chi connectivity index (χ0) is 15.0. The molecule has 0 saturated heterocycles. The molecule has 1 atom stereocenters. The zero-order valence-electron chi connectivity index (χ0n) is 12.4. The number of rotatable bonds is 5. The van der Waals surface area contributed by atoms with E-state index < -0.39 is 12.1 Å². The molecule has 4 fully saturated rings. The highest BCUT2D eigenvalue weighted by molar-refractivity contribution is 5.77. The predicted molar refractivity (Wildman–Crippen MR) is 75.9 cm³/mol. The largest absolute Gasteiger partial charge is 0.479 e. The van der Waals surface area contributed by atoms with Crippen LogP contribution < -0.4 is 10.6 Å². The van der Waals surface area contributed by atoms with Gasteiger partial charge in [0.05, 0.1) is 6.54 Å². The lowest BCUT2D eigenvalue weighted by molar-refractivity contribution is -0.147. The lowest BCUT2D eigenvalue weighted by Gasteiger charge is -2.56. The van der Waals surface area contributed by atoms with Gasteiger partial charge in [-0.1, -0.05) is 0 Å². The van der Waals surface area contributed by atoms with Crippen molar-refractivity contribution in [3.05, 3.63) is 0 Å². The molecule has 3 N–H and O–H groups in total. The molecule has 0 spiro atoms. The van der Waals surface area contributed by atoms with E-state index in [4.69, 9.17) is 9.84 Å². The van der Waals surface area contributed by atoms with Gasteiger partial charge in [0.1, 0.15) is 0 Å². The van der Waals surface area contributed by atoms with Crippen molar-refractivity contribution in [3.8, 4) is 0 Å². The van der Waals surface area contributed by atoms with Crippen LogP contribution in [0.15, 0.2) is 0 Å². The average molecular weight is 296 g/mol. The highest BCUT2D eigenvalue weighted by atomic mass is 16.5. The summed E-state index contributed by atoms with van der Waals surface area (Å²) >= 11 is 0. The molecule has 0 heterocycles. The maximum atomic E-state index is 12.1. The number of nitrogens with one attached hydrogen (secondary N) is 2. The Labute approximate surface area is 124 Å². The van der Waals surface area contributed by atoms with E-state index in [2.05, 4.69) is 10.6 Å².